The molecule has 0 unspecified atom stereocenters. The van der Waals surface area contributed by atoms with Crippen molar-refractivity contribution in [3.8, 4) is 0 Å². The Morgan fingerprint density at radius 1 is 1.26 bits per heavy atom. The van der Waals surface area contributed by atoms with Crippen molar-refractivity contribution in [2.45, 2.75) is 32.2 Å². The van der Waals surface area contributed by atoms with Gasteiger partial charge in [-0.05, 0) is 24.8 Å². The summed E-state index contributed by atoms with van der Waals surface area (Å²) in [7, 11) is 1.39. The minimum atomic E-state index is -0.554. The van der Waals surface area contributed by atoms with Gasteiger partial charge in [-0.2, -0.15) is 0 Å². The lowest BCUT2D eigenvalue weighted by Gasteiger charge is -2.09. The number of hydrogen-bond acceptors (Lipinski definition) is 3. The van der Waals surface area contributed by atoms with Gasteiger partial charge in [0.15, 0.2) is 6.04 Å². The lowest BCUT2D eigenvalue weighted by Crippen LogP contribution is -2.12. The maximum Gasteiger partial charge on any atom is 0.335 e. The van der Waals surface area contributed by atoms with Crippen LogP contribution in [-0.2, 0) is 9.53 Å². The summed E-state index contributed by atoms with van der Waals surface area (Å²) in [5.41, 5.74) is 0.856. The van der Waals surface area contributed by atoms with Gasteiger partial charge in [0.25, 0.3) is 0 Å². The number of methoxy groups -OCH3 is 1. The first-order valence-corrected chi connectivity index (χ1v) is 6.59. The molecule has 0 fully saturated rings. The number of unbranched alkanes of at least 4 members (excludes halogenated alkanes) is 1. The average molecular weight is 259 g/mol. The molecule has 0 aliphatic carbocycles. The molecule has 1 aromatic rings. The fourth-order valence-corrected chi connectivity index (χ4v) is 1.67. The van der Waals surface area contributed by atoms with E-state index in [1.165, 1.54) is 7.11 Å². The van der Waals surface area contributed by atoms with E-state index in [2.05, 4.69) is 24.1 Å². The highest BCUT2D eigenvalue weighted by molar-refractivity contribution is 5.79. The summed E-state index contributed by atoms with van der Waals surface area (Å²) < 4.78 is 4.80. The second-order valence-corrected chi connectivity index (χ2v) is 4.13. The predicted molar refractivity (Wildman–Crippen MR) is 78.4 cm³/mol. The van der Waals surface area contributed by atoms with E-state index in [-0.39, 0.29) is 5.97 Å². The molecule has 3 heteroatoms. The Morgan fingerprint density at radius 3 is 2.63 bits per heavy atom. The van der Waals surface area contributed by atoms with Gasteiger partial charge in [0.1, 0.15) is 0 Å². The third-order valence-corrected chi connectivity index (χ3v) is 2.66. The smallest absolute Gasteiger partial charge is 0.335 e. The molecule has 0 heterocycles. The predicted octanol–water partition coefficient (Wildman–Crippen LogP) is 3.72. The van der Waals surface area contributed by atoms with Crippen molar-refractivity contribution in [3.05, 3.63) is 48.0 Å². The summed E-state index contributed by atoms with van der Waals surface area (Å²) in [5, 5.41) is 0. The van der Waals surface area contributed by atoms with Gasteiger partial charge >= 0.3 is 5.97 Å². The Morgan fingerprint density at radius 2 is 2.00 bits per heavy atom. The number of nitrogens with zero attached hydrogens (tertiary/aromatic N) is 1. The van der Waals surface area contributed by atoms with E-state index in [1.807, 2.05) is 30.3 Å². The van der Waals surface area contributed by atoms with Gasteiger partial charge in [0.05, 0.1) is 7.11 Å². The molecule has 0 aromatic heterocycles. The monoisotopic (exact) mass is 259 g/mol. The van der Waals surface area contributed by atoms with Crippen molar-refractivity contribution in [2.75, 3.05) is 7.11 Å². The Hall–Kier alpha value is -1.90. The quantitative estimate of drug-likeness (QED) is 0.324. The summed E-state index contributed by atoms with van der Waals surface area (Å²) in [6.45, 7) is 2.10. The molecule has 1 atom stereocenters. The first-order chi connectivity index (χ1) is 9.29. The maximum atomic E-state index is 11.7. The van der Waals surface area contributed by atoms with Crippen molar-refractivity contribution < 1.29 is 9.53 Å². The second kappa shape index (κ2) is 9.09. The van der Waals surface area contributed by atoms with Gasteiger partial charge in [0, 0.05) is 6.21 Å². The molecule has 0 aliphatic rings. The van der Waals surface area contributed by atoms with Gasteiger partial charge < -0.3 is 4.74 Å². The summed E-state index contributed by atoms with van der Waals surface area (Å²) >= 11 is 0. The molecule has 0 saturated heterocycles. The first kappa shape index (κ1) is 15.2. The summed E-state index contributed by atoms with van der Waals surface area (Å²) in [6.07, 6.45) is 8.88. The van der Waals surface area contributed by atoms with Crippen LogP contribution < -0.4 is 0 Å². The van der Waals surface area contributed by atoms with E-state index < -0.39 is 6.04 Å². The van der Waals surface area contributed by atoms with Gasteiger partial charge in [0.2, 0.25) is 0 Å². The van der Waals surface area contributed by atoms with E-state index in [4.69, 9.17) is 4.74 Å². The molecule has 0 spiro atoms. The highest BCUT2D eigenvalue weighted by atomic mass is 16.5. The van der Waals surface area contributed by atoms with Gasteiger partial charge in [-0.1, -0.05) is 49.4 Å². The lowest BCUT2D eigenvalue weighted by molar-refractivity contribution is -0.142. The number of benzene rings is 1. The molecule has 19 heavy (non-hydrogen) atoms. The molecule has 0 saturated carbocycles. The first-order valence-electron chi connectivity index (χ1n) is 6.59. The third kappa shape index (κ3) is 5.51. The zero-order valence-corrected chi connectivity index (χ0v) is 11.6. The van der Waals surface area contributed by atoms with Crippen LogP contribution in [0.3, 0.4) is 0 Å². The Kier molecular flexibility index (Phi) is 7.25. The van der Waals surface area contributed by atoms with Gasteiger partial charge in [-0.3, -0.25) is 4.99 Å². The zero-order chi connectivity index (χ0) is 13.9. The van der Waals surface area contributed by atoms with Crippen molar-refractivity contribution in [3.63, 3.8) is 0 Å². The minimum absolute atomic E-state index is 0.327. The number of ether oxygens (including phenoxy) is 1. The molecule has 0 amide bonds. The molecular weight excluding hydrogens is 238 g/mol. The maximum absolute atomic E-state index is 11.7. The molecule has 3 nitrogen and oxygen atoms in total. The van der Waals surface area contributed by atoms with Gasteiger partial charge in [-0.25, -0.2) is 4.79 Å². The standard InChI is InChI=1S/C16H21NO2/c1-3-4-5-6-10-13-17-15(16(18)19-2)14-11-8-7-9-12-14/h4-5,7-9,11-13,15H,3,6,10H2,1-2H3/b5-4+,17-13?/t15-/m0/s1. The van der Waals surface area contributed by atoms with Crippen LogP contribution in [-0.4, -0.2) is 19.3 Å². The van der Waals surface area contributed by atoms with Gasteiger partial charge in [-0.15, -0.1) is 0 Å². The number of hydrogen-bond donors (Lipinski definition) is 0. The molecule has 0 radical (unpaired) electrons. The van der Waals surface area contributed by atoms with Crippen LogP contribution in [0, 0.1) is 0 Å². The van der Waals surface area contributed by atoms with E-state index in [9.17, 15) is 4.79 Å². The van der Waals surface area contributed by atoms with E-state index in [0.29, 0.717) is 0 Å². The number of carbonyl (C=O) groups is 1. The Labute approximate surface area is 115 Å². The number of allylic oxidation sites excluding steroid dienone is 2. The van der Waals surface area contributed by atoms with Crippen LogP contribution in [0.15, 0.2) is 47.5 Å². The summed E-state index contributed by atoms with van der Waals surface area (Å²) in [4.78, 5) is 16.1. The molecule has 1 aromatic carbocycles. The van der Waals surface area contributed by atoms with Crippen molar-refractivity contribution in [1.29, 1.82) is 0 Å². The van der Waals surface area contributed by atoms with Crippen molar-refractivity contribution in [1.82, 2.24) is 0 Å². The molecule has 102 valence electrons. The largest absolute Gasteiger partial charge is 0.467 e. The highest BCUT2D eigenvalue weighted by Crippen LogP contribution is 2.18. The Bertz CT molecular complexity index is 424. The molecule has 0 aliphatic heterocycles. The molecular formula is C16H21NO2. The second-order valence-electron chi connectivity index (χ2n) is 4.13. The Balaban J connectivity index is 2.63. The number of aliphatic imine (C=N–C) groups is 1. The molecule has 0 bridgehead atoms. The van der Waals surface area contributed by atoms with Crippen LogP contribution in [0.4, 0.5) is 0 Å². The highest BCUT2D eigenvalue weighted by Gasteiger charge is 2.18. The van der Waals surface area contributed by atoms with Crippen LogP contribution in [0.25, 0.3) is 0 Å². The zero-order valence-electron chi connectivity index (χ0n) is 11.6. The van der Waals surface area contributed by atoms with E-state index >= 15 is 0 Å². The summed E-state index contributed by atoms with van der Waals surface area (Å²) in [6, 6.07) is 8.92. The van der Waals surface area contributed by atoms with Crippen molar-refractivity contribution in [2.24, 2.45) is 4.99 Å². The lowest BCUT2D eigenvalue weighted by atomic mass is 10.1. The fraction of sp³-hybridized carbons (Fsp3) is 0.375. The van der Waals surface area contributed by atoms with E-state index in [0.717, 1.165) is 24.8 Å². The van der Waals surface area contributed by atoms with Crippen LogP contribution in [0.2, 0.25) is 0 Å². The third-order valence-electron chi connectivity index (χ3n) is 2.66. The molecule has 0 N–H and O–H groups in total. The topological polar surface area (TPSA) is 38.7 Å². The molecule has 1 rings (SSSR count). The minimum Gasteiger partial charge on any atom is -0.467 e. The number of esters is 1. The normalized spacial score (nSPS) is 12.9. The fourth-order valence-electron chi connectivity index (χ4n) is 1.67. The van der Waals surface area contributed by atoms with Crippen LogP contribution in [0.1, 0.15) is 37.8 Å². The average Bonchev–Trinajstić information content (AvgIpc) is 2.47. The van der Waals surface area contributed by atoms with Crippen LogP contribution in [0.5, 0.6) is 0 Å². The van der Waals surface area contributed by atoms with Crippen molar-refractivity contribution >= 4 is 12.2 Å². The SMILES string of the molecule is CC/C=C/CCC=N[C@H](C(=O)OC)c1ccccc1. The number of carbonyl (C=O) groups excluding carboxylic acids is 1. The number of rotatable bonds is 7. The van der Waals surface area contributed by atoms with Crippen LogP contribution >= 0.6 is 0 Å². The van der Waals surface area contributed by atoms with E-state index in [1.54, 1.807) is 6.21 Å². The summed E-state index contributed by atoms with van der Waals surface area (Å²) in [5.74, 6) is -0.327.